The van der Waals surface area contributed by atoms with Gasteiger partial charge in [-0.1, -0.05) is 24.3 Å². The van der Waals surface area contributed by atoms with Crippen molar-refractivity contribution in [1.82, 2.24) is 5.43 Å². The summed E-state index contributed by atoms with van der Waals surface area (Å²) in [7, 11) is 0. The Morgan fingerprint density at radius 1 is 1.22 bits per heavy atom. The third-order valence-corrected chi connectivity index (χ3v) is 2.52. The zero-order valence-corrected chi connectivity index (χ0v) is 10.3. The van der Waals surface area contributed by atoms with Gasteiger partial charge in [0.1, 0.15) is 5.76 Å². The minimum absolute atomic E-state index is 0.259. The van der Waals surface area contributed by atoms with E-state index in [1.165, 1.54) is 0 Å². The molecule has 18 heavy (non-hydrogen) atoms. The maximum Gasteiger partial charge on any atom is 0.307 e. The summed E-state index contributed by atoms with van der Waals surface area (Å²) in [6, 6.07) is 11.2. The fourth-order valence-corrected chi connectivity index (χ4v) is 1.50. The molecule has 0 atom stereocenters. The number of carbonyl (C=O) groups excluding carboxylic acids is 1. The van der Waals surface area contributed by atoms with Gasteiger partial charge in [0.15, 0.2) is 5.76 Å². The van der Waals surface area contributed by atoms with Gasteiger partial charge in [-0.15, -0.1) is 0 Å². The fourth-order valence-electron chi connectivity index (χ4n) is 1.50. The first-order valence-corrected chi connectivity index (χ1v) is 5.62. The molecular weight excluding hydrogens is 228 g/mol. The highest BCUT2D eigenvalue weighted by Crippen LogP contribution is 2.06. The standard InChI is InChI=1S/C14H14N2O2/c1-10-5-3-4-6-12(10)9-15-16-14(17)13-8-7-11(2)18-13/h3-9H,1-2H3,(H,16,17). The molecule has 1 heterocycles. The van der Waals surface area contributed by atoms with Crippen molar-refractivity contribution >= 4 is 12.1 Å². The Morgan fingerprint density at radius 2 is 2.00 bits per heavy atom. The van der Waals surface area contributed by atoms with Crippen molar-refractivity contribution in [3.05, 3.63) is 59.0 Å². The summed E-state index contributed by atoms with van der Waals surface area (Å²) in [5.41, 5.74) is 4.49. The average Bonchev–Trinajstić information content (AvgIpc) is 2.78. The molecule has 0 saturated heterocycles. The monoisotopic (exact) mass is 242 g/mol. The van der Waals surface area contributed by atoms with Gasteiger partial charge >= 0.3 is 5.91 Å². The van der Waals surface area contributed by atoms with Crippen molar-refractivity contribution in [1.29, 1.82) is 0 Å². The van der Waals surface area contributed by atoms with Gasteiger partial charge in [-0.25, -0.2) is 5.43 Å². The van der Waals surface area contributed by atoms with Crippen LogP contribution < -0.4 is 5.43 Å². The zero-order chi connectivity index (χ0) is 13.0. The lowest BCUT2D eigenvalue weighted by Crippen LogP contribution is -2.16. The molecule has 0 saturated carbocycles. The second-order valence-electron chi connectivity index (χ2n) is 3.97. The highest BCUT2D eigenvalue weighted by atomic mass is 16.3. The molecule has 92 valence electrons. The third-order valence-electron chi connectivity index (χ3n) is 2.52. The Morgan fingerprint density at radius 3 is 2.67 bits per heavy atom. The van der Waals surface area contributed by atoms with E-state index in [2.05, 4.69) is 10.5 Å². The maximum atomic E-state index is 11.6. The molecule has 1 N–H and O–H groups in total. The van der Waals surface area contributed by atoms with E-state index in [9.17, 15) is 4.79 Å². The van der Waals surface area contributed by atoms with E-state index in [0.29, 0.717) is 5.76 Å². The van der Waals surface area contributed by atoms with Crippen LogP contribution in [0.3, 0.4) is 0 Å². The predicted molar refractivity (Wildman–Crippen MR) is 69.7 cm³/mol. The Bertz CT molecular complexity index is 585. The number of benzene rings is 1. The first-order chi connectivity index (χ1) is 8.66. The first-order valence-electron chi connectivity index (χ1n) is 5.62. The number of hydrogen-bond acceptors (Lipinski definition) is 3. The molecule has 0 aliphatic heterocycles. The van der Waals surface area contributed by atoms with Gasteiger partial charge in [0, 0.05) is 0 Å². The van der Waals surface area contributed by atoms with Crippen LogP contribution in [0.15, 0.2) is 45.9 Å². The molecule has 1 aromatic heterocycles. The number of hydrogen-bond donors (Lipinski definition) is 1. The van der Waals surface area contributed by atoms with Crippen molar-refractivity contribution in [3.8, 4) is 0 Å². The van der Waals surface area contributed by atoms with E-state index < -0.39 is 0 Å². The number of nitrogens with one attached hydrogen (secondary N) is 1. The van der Waals surface area contributed by atoms with Crippen LogP contribution in [0.5, 0.6) is 0 Å². The summed E-state index contributed by atoms with van der Waals surface area (Å²) in [5, 5.41) is 3.90. The minimum Gasteiger partial charge on any atom is -0.456 e. The normalized spacial score (nSPS) is 10.8. The molecule has 1 amide bonds. The molecule has 0 unspecified atom stereocenters. The molecule has 0 radical (unpaired) electrons. The molecule has 0 spiro atoms. The van der Waals surface area contributed by atoms with Gasteiger partial charge in [-0.05, 0) is 37.1 Å². The van der Waals surface area contributed by atoms with E-state index in [0.717, 1.165) is 11.1 Å². The number of rotatable bonds is 3. The second kappa shape index (κ2) is 5.31. The summed E-state index contributed by atoms with van der Waals surface area (Å²) < 4.78 is 5.19. The number of aryl methyl sites for hydroxylation is 2. The lowest BCUT2D eigenvalue weighted by atomic mass is 10.1. The molecule has 4 nitrogen and oxygen atoms in total. The second-order valence-corrected chi connectivity index (χ2v) is 3.97. The number of hydrazone groups is 1. The fraction of sp³-hybridized carbons (Fsp3) is 0.143. The van der Waals surface area contributed by atoms with Gasteiger partial charge in [0.2, 0.25) is 0 Å². The summed E-state index contributed by atoms with van der Waals surface area (Å²) in [6.07, 6.45) is 1.61. The zero-order valence-electron chi connectivity index (χ0n) is 10.3. The number of carbonyl (C=O) groups is 1. The van der Waals surface area contributed by atoms with Crippen LogP contribution in [-0.2, 0) is 0 Å². The third kappa shape index (κ3) is 2.85. The highest BCUT2D eigenvalue weighted by Gasteiger charge is 2.07. The summed E-state index contributed by atoms with van der Waals surface area (Å²) in [5.74, 6) is 0.602. The summed E-state index contributed by atoms with van der Waals surface area (Å²) >= 11 is 0. The van der Waals surface area contributed by atoms with Gasteiger partial charge in [0.25, 0.3) is 0 Å². The molecule has 0 bridgehead atoms. The van der Waals surface area contributed by atoms with Crippen LogP contribution >= 0.6 is 0 Å². The quantitative estimate of drug-likeness (QED) is 0.664. The Kier molecular flexibility index (Phi) is 3.57. The summed E-state index contributed by atoms with van der Waals surface area (Å²) in [4.78, 5) is 11.6. The minimum atomic E-state index is -0.354. The molecule has 0 aliphatic rings. The molecule has 4 heteroatoms. The lowest BCUT2D eigenvalue weighted by molar-refractivity contribution is 0.0926. The largest absolute Gasteiger partial charge is 0.456 e. The molecule has 2 rings (SSSR count). The Labute approximate surface area is 105 Å². The average molecular weight is 242 g/mol. The number of amides is 1. The van der Waals surface area contributed by atoms with Crippen molar-refractivity contribution in [2.24, 2.45) is 5.10 Å². The van der Waals surface area contributed by atoms with Crippen LogP contribution in [-0.4, -0.2) is 12.1 Å². The van der Waals surface area contributed by atoms with Crippen molar-refractivity contribution in [2.45, 2.75) is 13.8 Å². The number of furan rings is 1. The van der Waals surface area contributed by atoms with Crippen LogP contribution in [0, 0.1) is 13.8 Å². The topological polar surface area (TPSA) is 54.6 Å². The van der Waals surface area contributed by atoms with E-state index >= 15 is 0 Å². The summed E-state index contributed by atoms with van der Waals surface area (Å²) in [6.45, 7) is 3.77. The van der Waals surface area contributed by atoms with E-state index in [4.69, 9.17) is 4.42 Å². The number of nitrogens with zero attached hydrogens (tertiary/aromatic N) is 1. The van der Waals surface area contributed by atoms with Crippen LogP contribution in [0.4, 0.5) is 0 Å². The molecule has 2 aromatic rings. The van der Waals surface area contributed by atoms with Gasteiger partial charge in [-0.3, -0.25) is 4.79 Å². The van der Waals surface area contributed by atoms with E-state index in [1.54, 1.807) is 25.3 Å². The molecule has 0 aliphatic carbocycles. The highest BCUT2D eigenvalue weighted by molar-refractivity contribution is 5.92. The van der Waals surface area contributed by atoms with Crippen LogP contribution in [0.2, 0.25) is 0 Å². The van der Waals surface area contributed by atoms with Crippen LogP contribution in [0.25, 0.3) is 0 Å². The van der Waals surface area contributed by atoms with E-state index in [1.807, 2.05) is 31.2 Å². The SMILES string of the molecule is Cc1ccc(C(=O)NN=Cc2ccccc2C)o1. The van der Waals surface area contributed by atoms with Gasteiger partial charge < -0.3 is 4.42 Å². The van der Waals surface area contributed by atoms with Crippen LogP contribution in [0.1, 0.15) is 27.4 Å². The van der Waals surface area contributed by atoms with Crippen molar-refractivity contribution in [3.63, 3.8) is 0 Å². The smallest absolute Gasteiger partial charge is 0.307 e. The predicted octanol–water partition coefficient (Wildman–Crippen LogP) is 2.66. The lowest BCUT2D eigenvalue weighted by Gasteiger charge is -1.98. The molecule has 0 fully saturated rings. The van der Waals surface area contributed by atoms with Gasteiger partial charge in [-0.2, -0.15) is 5.10 Å². The maximum absolute atomic E-state index is 11.6. The Balaban J connectivity index is 2.00. The molecular formula is C14H14N2O2. The van der Waals surface area contributed by atoms with Crippen molar-refractivity contribution in [2.75, 3.05) is 0 Å². The Hall–Kier alpha value is -2.36. The first kappa shape index (κ1) is 12.1. The van der Waals surface area contributed by atoms with Gasteiger partial charge in [0.05, 0.1) is 6.21 Å². The van der Waals surface area contributed by atoms with Crippen molar-refractivity contribution < 1.29 is 9.21 Å². The van der Waals surface area contributed by atoms with E-state index in [-0.39, 0.29) is 11.7 Å². The molecule has 1 aromatic carbocycles.